The van der Waals surface area contributed by atoms with Gasteiger partial charge in [0.15, 0.2) is 13.1 Å². The molecule has 1 saturated heterocycles. The molecule has 4 N–H and O–H groups in total. The van der Waals surface area contributed by atoms with Crippen molar-refractivity contribution in [2.45, 2.75) is 31.7 Å². The zero-order valence-electron chi connectivity index (χ0n) is 15.9. The molecule has 0 aliphatic carbocycles. The first-order valence-electron chi connectivity index (χ1n) is 9.11. The number of piperidine rings is 1. The van der Waals surface area contributed by atoms with Gasteiger partial charge in [-0.3, -0.25) is 14.4 Å². The molecule has 11 heteroatoms. The lowest BCUT2D eigenvalue weighted by Gasteiger charge is -2.33. The molecule has 1 aromatic rings. The molecule has 0 aromatic heterocycles. The van der Waals surface area contributed by atoms with Gasteiger partial charge in [-0.05, 0) is 43.5 Å². The van der Waals surface area contributed by atoms with E-state index in [1.807, 2.05) is 0 Å². The molecule has 1 fully saturated rings. The number of ether oxygens (including phenoxy) is 1. The SMILES string of the molecule is C[NH+](CC(=O)Nc1ccc(OC(F)(F)F)cc1)CC(=O)N1CCCC[C@H]1C(N)=O. The van der Waals surface area contributed by atoms with Crippen molar-refractivity contribution in [2.24, 2.45) is 5.73 Å². The van der Waals surface area contributed by atoms with E-state index in [9.17, 15) is 27.6 Å². The highest BCUT2D eigenvalue weighted by Gasteiger charge is 2.32. The third kappa shape index (κ3) is 7.26. The van der Waals surface area contributed by atoms with Crippen LogP contribution in [0.5, 0.6) is 5.75 Å². The zero-order valence-corrected chi connectivity index (χ0v) is 15.9. The summed E-state index contributed by atoms with van der Waals surface area (Å²) in [6.45, 7) is 0.426. The fourth-order valence-electron chi connectivity index (χ4n) is 3.17. The first kappa shape index (κ1) is 22.5. The van der Waals surface area contributed by atoms with Gasteiger partial charge in [0.25, 0.3) is 11.8 Å². The lowest BCUT2D eigenvalue weighted by atomic mass is 10.0. The molecular weight excluding hydrogens is 393 g/mol. The number of likely N-dealkylation sites (N-methyl/N-ethyl adjacent to an activating group) is 1. The number of nitrogens with one attached hydrogen (secondary N) is 2. The van der Waals surface area contributed by atoms with Crippen molar-refractivity contribution in [1.82, 2.24) is 4.90 Å². The number of alkyl halides is 3. The molecule has 29 heavy (non-hydrogen) atoms. The number of nitrogens with zero attached hydrogens (tertiary/aromatic N) is 1. The van der Waals surface area contributed by atoms with Crippen LogP contribution in [0.25, 0.3) is 0 Å². The number of halogens is 3. The van der Waals surface area contributed by atoms with Gasteiger partial charge in [-0.25, -0.2) is 0 Å². The Morgan fingerprint density at radius 3 is 2.45 bits per heavy atom. The third-order valence-corrected chi connectivity index (χ3v) is 4.44. The number of benzene rings is 1. The van der Waals surface area contributed by atoms with Crippen LogP contribution in [0.1, 0.15) is 19.3 Å². The quantitative estimate of drug-likeness (QED) is 0.576. The minimum absolute atomic E-state index is 0.00948. The first-order valence-corrected chi connectivity index (χ1v) is 9.11. The van der Waals surface area contributed by atoms with E-state index < -0.39 is 30.0 Å². The molecule has 0 bridgehead atoms. The van der Waals surface area contributed by atoms with Gasteiger partial charge >= 0.3 is 6.36 Å². The van der Waals surface area contributed by atoms with Crippen molar-refractivity contribution >= 4 is 23.4 Å². The molecule has 0 radical (unpaired) electrons. The number of rotatable bonds is 7. The predicted octanol–water partition coefficient (Wildman–Crippen LogP) is -0.0952. The highest BCUT2D eigenvalue weighted by Crippen LogP contribution is 2.23. The molecule has 2 rings (SSSR count). The minimum atomic E-state index is -4.79. The second-order valence-corrected chi connectivity index (χ2v) is 6.93. The van der Waals surface area contributed by atoms with Crippen molar-refractivity contribution in [3.05, 3.63) is 24.3 Å². The smallest absolute Gasteiger partial charge is 0.406 e. The van der Waals surface area contributed by atoms with Gasteiger partial charge in [0.1, 0.15) is 11.8 Å². The number of primary amides is 1. The largest absolute Gasteiger partial charge is 0.573 e. The zero-order chi connectivity index (χ0) is 21.6. The summed E-state index contributed by atoms with van der Waals surface area (Å²) in [7, 11) is 1.65. The number of carbonyl (C=O) groups is 3. The predicted molar refractivity (Wildman–Crippen MR) is 96.9 cm³/mol. The Kier molecular flexibility index (Phi) is 7.43. The van der Waals surface area contributed by atoms with Crippen LogP contribution >= 0.6 is 0 Å². The van der Waals surface area contributed by atoms with Crippen LogP contribution < -0.4 is 20.7 Å². The van der Waals surface area contributed by atoms with Gasteiger partial charge in [0.2, 0.25) is 5.91 Å². The molecule has 0 spiro atoms. The Bertz CT molecular complexity index is 740. The Hall–Kier alpha value is -2.82. The molecule has 2 atom stereocenters. The van der Waals surface area contributed by atoms with E-state index in [2.05, 4.69) is 10.1 Å². The van der Waals surface area contributed by atoms with Crippen LogP contribution in [-0.2, 0) is 14.4 Å². The molecule has 1 aliphatic heterocycles. The lowest BCUT2D eigenvalue weighted by Crippen LogP contribution is -3.11. The summed E-state index contributed by atoms with van der Waals surface area (Å²) in [5.74, 6) is -1.60. The molecule has 0 saturated carbocycles. The van der Waals surface area contributed by atoms with Crippen LogP contribution in [0.15, 0.2) is 24.3 Å². The maximum absolute atomic E-state index is 12.5. The highest BCUT2D eigenvalue weighted by molar-refractivity contribution is 5.91. The average molecular weight is 417 g/mol. The van der Waals surface area contributed by atoms with Gasteiger partial charge in [-0.15, -0.1) is 13.2 Å². The number of quaternary nitrogens is 1. The maximum atomic E-state index is 12.5. The summed E-state index contributed by atoms with van der Waals surface area (Å²) in [5, 5.41) is 2.55. The standard InChI is InChI=1S/C18H23F3N4O4/c1-24(11-16(27)25-9-3-2-4-14(25)17(22)28)10-15(26)23-12-5-7-13(8-6-12)29-18(19,20)21/h5-8,14H,2-4,9-11H2,1H3,(H2,22,28)(H,23,26)/p+1/t14-/m0/s1. The number of nitrogens with two attached hydrogens (primary N) is 1. The van der Waals surface area contributed by atoms with E-state index in [4.69, 9.17) is 5.73 Å². The summed E-state index contributed by atoms with van der Waals surface area (Å²) in [5.41, 5.74) is 5.66. The molecule has 1 heterocycles. The normalized spacial score (nSPS) is 18.1. The van der Waals surface area contributed by atoms with E-state index in [-0.39, 0.29) is 19.0 Å². The van der Waals surface area contributed by atoms with Crippen LogP contribution in [0.4, 0.5) is 18.9 Å². The fourth-order valence-corrected chi connectivity index (χ4v) is 3.17. The third-order valence-electron chi connectivity index (χ3n) is 4.44. The van der Waals surface area contributed by atoms with Gasteiger partial charge in [-0.2, -0.15) is 0 Å². The Balaban J connectivity index is 1.84. The average Bonchev–Trinajstić information content (AvgIpc) is 2.61. The Labute approximate surface area is 165 Å². The monoisotopic (exact) mass is 417 g/mol. The maximum Gasteiger partial charge on any atom is 0.573 e. The summed E-state index contributed by atoms with van der Waals surface area (Å²) in [6.07, 6.45) is -2.63. The van der Waals surface area contributed by atoms with E-state index >= 15 is 0 Å². The lowest BCUT2D eigenvalue weighted by molar-refractivity contribution is -0.862. The van der Waals surface area contributed by atoms with Crippen LogP contribution in [0, 0.1) is 0 Å². The van der Waals surface area contributed by atoms with Gasteiger partial charge < -0.3 is 25.6 Å². The summed E-state index contributed by atoms with van der Waals surface area (Å²) < 4.78 is 40.2. The summed E-state index contributed by atoms with van der Waals surface area (Å²) in [6, 6.07) is 4.12. The summed E-state index contributed by atoms with van der Waals surface area (Å²) >= 11 is 0. The summed E-state index contributed by atoms with van der Waals surface area (Å²) in [4.78, 5) is 38.2. The molecule has 1 unspecified atom stereocenters. The van der Waals surface area contributed by atoms with E-state index in [1.165, 1.54) is 17.0 Å². The molecule has 160 valence electrons. The minimum Gasteiger partial charge on any atom is -0.406 e. The van der Waals surface area contributed by atoms with Crippen molar-refractivity contribution in [3.63, 3.8) is 0 Å². The first-order chi connectivity index (χ1) is 13.5. The molecule has 3 amide bonds. The van der Waals surface area contributed by atoms with Crippen LogP contribution in [0.3, 0.4) is 0 Å². The van der Waals surface area contributed by atoms with Gasteiger partial charge in [0, 0.05) is 12.2 Å². The van der Waals surface area contributed by atoms with Gasteiger partial charge in [-0.1, -0.05) is 0 Å². The van der Waals surface area contributed by atoms with Crippen LogP contribution in [0.2, 0.25) is 0 Å². The number of likely N-dealkylation sites (tertiary alicyclic amines) is 1. The highest BCUT2D eigenvalue weighted by atomic mass is 19.4. The number of hydrogen-bond acceptors (Lipinski definition) is 4. The van der Waals surface area contributed by atoms with Crippen LogP contribution in [-0.4, -0.2) is 61.7 Å². The van der Waals surface area contributed by atoms with Crippen molar-refractivity contribution in [1.29, 1.82) is 0 Å². The molecule has 1 aliphatic rings. The molecule has 8 nitrogen and oxygen atoms in total. The second kappa shape index (κ2) is 9.59. The number of carbonyl (C=O) groups excluding carboxylic acids is 3. The fraction of sp³-hybridized carbons (Fsp3) is 0.500. The molecule has 1 aromatic carbocycles. The van der Waals surface area contributed by atoms with Crippen molar-refractivity contribution < 1.29 is 37.2 Å². The number of anilines is 1. The van der Waals surface area contributed by atoms with E-state index in [1.54, 1.807) is 7.05 Å². The van der Waals surface area contributed by atoms with E-state index in [0.29, 0.717) is 23.6 Å². The second-order valence-electron chi connectivity index (χ2n) is 6.93. The van der Waals surface area contributed by atoms with Crippen molar-refractivity contribution in [3.8, 4) is 5.75 Å². The van der Waals surface area contributed by atoms with Gasteiger partial charge in [0.05, 0.1) is 7.05 Å². The molecular formula is C18H24F3N4O4+. The van der Waals surface area contributed by atoms with Crippen molar-refractivity contribution in [2.75, 3.05) is 32.0 Å². The number of amides is 3. The Morgan fingerprint density at radius 2 is 1.86 bits per heavy atom. The Morgan fingerprint density at radius 1 is 1.21 bits per heavy atom. The van der Waals surface area contributed by atoms with E-state index in [0.717, 1.165) is 25.0 Å². The number of hydrogen-bond donors (Lipinski definition) is 3. The topological polar surface area (TPSA) is 106 Å².